The Balaban J connectivity index is 2.59. The van der Waals surface area contributed by atoms with Crippen LogP contribution >= 0.6 is 0 Å². The molecule has 1 rings (SSSR count). The molecule has 5 nitrogen and oxygen atoms in total. The molecule has 0 aromatic rings. The number of carboxylic acid groups (broad SMARTS) is 1. The zero-order valence-corrected chi connectivity index (χ0v) is 16.0. The van der Waals surface area contributed by atoms with Gasteiger partial charge in [0.15, 0.2) is 0 Å². The number of alkyl halides is 2. The van der Waals surface area contributed by atoms with E-state index in [0.717, 1.165) is 4.90 Å². The number of aliphatic hydroxyl groups is 1. The molecule has 1 amide bonds. The van der Waals surface area contributed by atoms with Gasteiger partial charge in [-0.3, -0.25) is 9.59 Å². The number of aliphatic carboxylic acids is 1. The van der Waals surface area contributed by atoms with Crippen LogP contribution in [0.5, 0.6) is 0 Å². The molecule has 0 aromatic heterocycles. The van der Waals surface area contributed by atoms with Crippen LogP contribution in [0.15, 0.2) is 12.2 Å². The minimum atomic E-state index is -3.39. The first-order chi connectivity index (χ1) is 12.7. The number of unbranched alkanes of at least 4 members (excludes halogenated alkanes) is 3. The first kappa shape index (κ1) is 23.1. The van der Waals surface area contributed by atoms with Gasteiger partial charge in [-0.1, -0.05) is 31.9 Å². The fourth-order valence-electron chi connectivity index (χ4n) is 2.99. The van der Waals surface area contributed by atoms with Crippen molar-refractivity contribution >= 4 is 11.9 Å². The number of aliphatic hydroxyl groups excluding tert-OH is 1. The van der Waals surface area contributed by atoms with Gasteiger partial charge >= 0.3 is 11.9 Å². The predicted molar refractivity (Wildman–Crippen MR) is 98.2 cm³/mol. The second kappa shape index (κ2) is 11.0. The van der Waals surface area contributed by atoms with Crippen molar-refractivity contribution in [3.63, 3.8) is 0 Å². The molecule has 27 heavy (non-hydrogen) atoms. The number of nitrogens with zero attached hydrogens (tertiary/aromatic N) is 1. The van der Waals surface area contributed by atoms with Gasteiger partial charge in [-0.15, -0.1) is 11.8 Å². The quantitative estimate of drug-likeness (QED) is 0.325. The topological polar surface area (TPSA) is 77.8 Å². The van der Waals surface area contributed by atoms with E-state index in [2.05, 4.69) is 11.8 Å². The van der Waals surface area contributed by atoms with Crippen molar-refractivity contribution in [2.45, 2.75) is 76.9 Å². The van der Waals surface area contributed by atoms with Gasteiger partial charge in [0, 0.05) is 25.8 Å². The fourth-order valence-corrected chi connectivity index (χ4v) is 2.99. The Labute approximate surface area is 159 Å². The molecule has 1 aliphatic heterocycles. The maximum Gasteiger partial charge on any atom is 0.327 e. The smallest absolute Gasteiger partial charge is 0.327 e. The van der Waals surface area contributed by atoms with E-state index in [0.29, 0.717) is 32.1 Å². The van der Waals surface area contributed by atoms with Gasteiger partial charge in [0.25, 0.3) is 5.91 Å². The van der Waals surface area contributed by atoms with E-state index in [9.17, 15) is 23.5 Å². The molecule has 0 aliphatic carbocycles. The SMILES string of the molecule is CC#CC[C@H](C)[C@H](O)/C=C/[C@H]1CC(F)(F)C(=O)N1CCCCCCC(=O)O. The molecule has 1 heterocycles. The number of hydrogen-bond acceptors (Lipinski definition) is 3. The Morgan fingerprint density at radius 2 is 2.04 bits per heavy atom. The monoisotopic (exact) mass is 385 g/mol. The van der Waals surface area contributed by atoms with Crippen molar-refractivity contribution in [3.8, 4) is 11.8 Å². The molecule has 0 radical (unpaired) electrons. The van der Waals surface area contributed by atoms with Crippen LogP contribution in [0.1, 0.15) is 58.8 Å². The summed E-state index contributed by atoms with van der Waals surface area (Å²) in [6.07, 6.45) is 4.58. The summed E-state index contributed by atoms with van der Waals surface area (Å²) < 4.78 is 27.7. The fraction of sp³-hybridized carbons (Fsp3) is 0.700. The Bertz CT molecular complexity index is 595. The van der Waals surface area contributed by atoms with E-state index < -0.39 is 36.4 Å². The molecule has 1 aliphatic rings. The van der Waals surface area contributed by atoms with Crippen LogP contribution in [0.3, 0.4) is 0 Å². The van der Waals surface area contributed by atoms with Gasteiger partial charge < -0.3 is 15.1 Å². The molecule has 3 atom stereocenters. The van der Waals surface area contributed by atoms with Gasteiger partial charge in [0.2, 0.25) is 0 Å². The Hall–Kier alpha value is -1.94. The average molecular weight is 385 g/mol. The number of amides is 1. The van der Waals surface area contributed by atoms with Gasteiger partial charge in [-0.05, 0) is 25.7 Å². The summed E-state index contributed by atoms with van der Waals surface area (Å²) in [6, 6.07) is -0.745. The lowest BCUT2D eigenvalue weighted by Crippen LogP contribution is -2.36. The minimum Gasteiger partial charge on any atom is -0.481 e. The van der Waals surface area contributed by atoms with E-state index in [4.69, 9.17) is 5.11 Å². The molecule has 1 fully saturated rings. The van der Waals surface area contributed by atoms with Gasteiger partial charge in [0.1, 0.15) is 0 Å². The molecule has 0 aromatic carbocycles. The standard InChI is InChI=1S/C20H29F2NO4/c1-3-4-9-15(2)17(24)12-11-16-14-20(21,22)19(27)23(16)13-8-6-5-7-10-18(25)26/h11-12,15-17,24H,5-10,13-14H2,1-2H3,(H,25,26)/b12-11+/t15-,16-,17+/m0/s1. The third-order valence-electron chi connectivity index (χ3n) is 4.69. The lowest BCUT2D eigenvalue weighted by molar-refractivity contribution is -0.148. The predicted octanol–water partition coefficient (Wildman–Crippen LogP) is 3.22. The van der Waals surface area contributed by atoms with Crippen molar-refractivity contribution < 1.29 is 28.6 Å². The Morgan fingerprint density at radius 1 is 1.37 bits per heavy atom. The van der Waals surface area contributed by atoms with E-state index in [1.165, 1.54) is 12.2 Å². The van der Waals surface area contributed by atoms with Crippen molar-refractivity contribution in [2.75, 3.05) is 6.54 Å². The third-order valence-corrected chi connectivity index (χ3v) is 4.69. The molecular formula is C20H29F2NO4. The molecule has 0 unspecified atom stereocenters. The van der Waals surface area contributed by atoms with Crippen molar-refractivity contribution in [3.05, 3.63) is 12.2 Å². The van der Waals surface area contributed by atoms with Crippen molar-refractivity contribution in [2.24, 2.45) is 5.92 Å². The van der Waals surface area contributed by atoms with E-state index in [-0.39, 0.29) is 18.9 Å². The number of hydrogen-bond donors (Lipinski definition) is 2. The maximum absolute atomic E-state index is 13.8. The van der Waals surface area contributed by atoms with Crippen LogP contribution < -0.4 is 0 Å². The number of carboxylic acids is 1. The molecule has 152 valence electrons. The third kappa shape index (κ3) is 7.67. The summed E-state index contributed by atoms with van der Waals surface area (Å²) in [5.41, 5.74) is 0. The van der Waals surface area contributed by atoms with Gasteiger partial charge in [0.05, 0.1) is 12.1 Å². The molecule has 1 saturated heterocycles. The first-order valence-electron chi connectivity index (χ1n) is 9.35. The number of halogens is 2. The van der Waals surface area contributed by atoms with E-state index in [1.54, 1.807) is 6.92 Å². The van der Waals surface area contributed by atoms with Crippen LogP contribution in [0.4, 0.5) is 8.78 Å². The molecule has 0 spiro atoms. The largest absolute Gasteiger partial charge is 0.481 e. The summed E-state index contributed by atoms with van der Waals surface area (Å²) in [4.78, 5) is 23.6. The van der Waals surface area contributed by atoms with E-state index in [1.807, 2.05) is 6.92 Å². The zero-order chi connectivity index (χ0) is 20.4. The van der Waals surface area contributed by atoms with Gasteiger partial charge in [-0.2, -0.15) is 8.78 Å². The lowest BCUT2D eigenvalue weighted by Gasteiger charge is -2.22. The number of rotatable bonds is 11. The molecule has 0 saturated carbocycles. The van der Waals surface area contributed by atoms with Gasteiger partial charge in [-0.25, -0.2) is 0 Å². The van der Waals surface area contributed by atoms with Crippen molar-refractivity contribution in [1.29, 1.82) is 0 Å². The van der Waals surface area contributed by atoms with Crippen LogP contribution in [0, 0.1) is 17.8 Å². The summed E-state index contributed by atoms with van der Waals surface area (Å²) in [5.74, 6) is 0.0706. The minimum absolute atomic E-state index is 0.0879. The van der Waals surface area contributed by atoms with Crippen molar-refractivity contribution in [1.82, 2.24) is 4.90 Å². The summed E-state index contributed by atoms with van der Waals surface area (Å²) in [5, 5.41) is 18.7. The van der Waals surface area contributed by atoms with E-state index >= 15 is 0 Å². The number of carbonyl (C=O) groups is 2. The normalized spacial score (nSPS) is 21.1. The average Bonchev–Trinajstić information content (AvgIpc) is 2.82. The number of likely N-dealkylation sites (tertiary alicyclic amines) is 1. The second-order valence-corrected chi connectivity index (χ2v) is 7.02. The van der Waals surface area contributed by atoms with Crippen LogP contribution in [-0.4, -0.2) is 51.6 Å². The first-order valence-corrected chi connectivity index (χ1v) is 9.35. The molecule has 2 N–H and O–H groups in total. The molecule has 7 heteroatoms. The lowest BCUT2D eigenvalue weighted by atomic mass is 10.00. The second-order valence-electron chi connectivity index (χ2n) is 7.02. The highest BCUT2D eigenvalue weighted by atomic mass is 19.3. The van der Waals surface area contributed by atoms with Crippen LogP contribution in [-0.2, 0) is 9.59 Å². The summed E-state index contributed by atoms with van der Waals surface area (Å²) in [7, 11) is 0. The summed E-state index contributed by atoms with van der Waals surface area (Å²) >= 11 is 0. The van der Waals surface area contributed by atoms with Crippen LogP contribution in [0.25, 0.3) is 0 Å². The Morgan fingerprint density at radius 3 is 2.67 bits per heavy atom. The van der Waals surface area contributed by atoms with Crippen LogP contribution in [0.2, 0.25) is 0 Å². The highest BCUT2D eigenvalue weighted by Gasteiger charge is 2.52. The zero-order valence-electron chi connectivity index (χ0n) is 16.0. The number of carbonyl (C=O) groups excluding carboxylic acids is 1. The molecule has 0 bridgehead atoms. The maximum atomic E-state index is 13.8. The highest BCUT2D eigenvalue weighted by Crippen LogP contribution is 2.34. The molecular weight excluding hydrogens is 356 g/mol. The Kier molecular flexibility index (Phi) is 9.44. The highest BCUT2D eigenvalue weighted by molar-refractivity contribution is 5.86. The summed E-state index contributed by atoms with van der Waals surface area (Å²) in [6.45, 7) is 3.73.